The van der Waals surface area contributed by atoms with Crippen molar-refractivity contribution in [2.45, 2.75) is 0 Å². The van der Waals surface area contributed by atoms with Crippen molar-refractivity contribution in [2.24, 2.45) is 0 Å². The smallest absolute Gasteiger partial charge is 0.319 e. The normalized spacial score (nSPS) is 14.9. The van der Waals surface area contributed by atoms with Crippen LogP contribution >= 0.6 is 11.6 Å². The second-order valence-corrected chi connectivity index (χ2v) is 6.60. The summed E-state index contributed by atoms with van der Waals surface area (Å²) in [6.07, 6.45) is 0. The maximum Gasteiger partial charge on any atom is 0.319 e. The van der Waals surface area contributed by atoms with Gasteiger partial charge in [0.2, 0.25) is 0 Å². The topological polar surface area (TPSA) is 47.6 Å². The van der Waals surface area contributed by atoms with Crippen LogP contribution in [0.5, 0.6) is 0 Å². The van der Waals surface area contributed by atoms with Gasteiger partial charge in [-0.25, -0.2) is 9.18 Å². The van der Waals surface area contributed by atoms with Crippen molar-refractivity contribution in [3.05, 3.63) is 59.4 Å². The average molecular weight is 377 g/mol. The van der Waals surface area contributed by atoms with Crippen molar-refractivity contribution in [1.29, 1.82) is 0 Å². The summed E-state index contributed by atoms with van der Waals surface area (Å²) in [5, 5.41) is 6.24. The highest BCUT2D eigenvalue weighted by atomic mass is 35.5. The average Bonchev–Trinajstić information content (AvgIpc) is 2.65. The molecule has 0 spiro atoms. The molecule has 138 valence electrons. The maximum atomic E-state index is 13.8. The summed E-state index contributed by atoms with van der Waals surface area (Å²) in [5.74, 6) is -0.179. The molecule has 2 aromatic carbocycles. The van der Waals surface area contributed by atoms with E-state index >= 15 is 0 Å². The van der Waals surface area contributed by atoms with Gasteiger partial charge in [0.05, 0.1) is 5.69 Å². The number of anilines is 2. The van der Waals surface area contributed by atoms with E-state index in [1.165, 1.54) is 6.07 Å². The van der Waals surface area contributed by atoms with Crippen LogP contribution in [0.4, 0.5) is 20.6 Å². The number of carbonyl (C=O) groups is 1. The number of amides is 2. The first kappa shape index (κ1) is 18.5. The molecule has 0 unspecified atom stereocenters. The summed E-state index contributed by atoms with van der Waals surface area (Å²) in [6, 6.07) is 13.6. The number of benzene rings is 2. The number of hydrogen-bond donors (Lipinski definition) is 2. The van der Waals surface area contributed by atoms with E-state index in [-0.39, 0.29) is 11.8 Å². The number of nitrogens with zero attached hydrogens (tertiary/aromatic N) is 2. The summed E-state index contributed by atoms with van der Waals surface area (Å²) < 4.78 is 13.8. The molecule has 0 radical (unpaired) electrons. The molecule has 1 heterocycles. The summed E-state index contributed by atoms with van der Waals surface area (Å²) in [5.41, 5.74) is 1.36. The van der Waals surface area contributed by atoms with Crippen molar-refractivity contribution in [3.63, 3.8) is 0 Å². The lowest BCUT2D eigenvalue weighted by Crippen LogP contribution is -2.49. The minimum atomic E-state index is -0.239. The number of carbonyl (C=O) groups excluding carboxylic acids is 1. The van der Waals surface area contributed by atoms with E-state index in [0.717, 1.165) is 32.7 Å². The fourth-order valence-electron chi connectivity index (χ4n) is 2.96. The second-order valence-electron chi connectivity index (χ2n) is 6.17. The van der Waals surface area contributed by atoms with Crippen LogP contribution in [-0.4, -0.2) is 50.2 Å². The van der Waals surface area contributed by atoms with Crippen molar-refractivity contribution in [2.75, 3.05) is 49.5 Å². The second kappa shape index (κ2) is 8.87. The van der Waals surface area contributed by atoms with Crippen molar-refractivity contribution < 1.29 is 9.18 Å². The lowest BCUT2D eigenvalue weighted by atomic mass is 10.2. The van der Waals surface area contributed by atoms with Gasteiger partial charge >= 0.3 is 6.03 Å². The third kappa shape index (κ3) is 5.09. The van der Waals surface area contributed by atoms with Crippen LogP contribution in [0.25, 0.3) is 0 Å². The molecule has 7 heteroatoms. The van der Waals surface area contributed by atoms with E-state index < -0.39 is 0 Å². The number of para-hydroxylation sites is 1. The Morgan fingerprint density at radius 3 is 2.42 bits per heavy atom. The minimum absolute atomic E-state index is 0.179. The molecule has 1 aliphatic heterocycles. The number of nitrogens with one attached hydrogen (secondary N) is 2. The maximum absolute atomic E-state index is 13.8. The Bertz CT molecular complexity index is 733. The zero-order chi connectivity index (χ0) is 18.4. The van der Waals surface area contributed by atoms with Gasteiger partial charge in [-0.2, -0.15) is 0 Å². The van der Waals surface area contributed by atoms with Crippen molar-refractivity contribution in [3.8, 4) is 0 Å². The summed E-state index contributed by atoms with van der Waals surface area (Å²) in [7, 11) is 0. The van der Waals surface area contributed by atoms with E-state index in [0.29, 0.717) is 22.9 Å². The standard InChI is InChI=1S/C19H22ClFN4O/c20-15-5-7-16(8-6-15)23-19(26)22-9-10-24-11-13-25(14-12-24)18-4-2-1-3-17(18)21/h1-8H,9-14H2,(H2,22,23,26). The number of piperazine rings is 1. The lowest BCUT2D eigenvalue weighted by molar-refractivity contribution is 0.240. The van der Waals surface area contributed by atoms with Gasteiger partial charge in [0.1, 0.15) is 5.82 Å². The molecule has 0 saturated carbocycles. The largest absolute Gasteiger partial charge is 0.367 e. The van der Waals surface area contributed by atoms with Crippen LogP contribution in [0.15, 0.2) is 48.5 Å². The van der Waals surface area contributed by atoms with E-state index in [1.54, 1.807) is 30.3 Å². The Morgan fingerprint density at radius 2 is 1.73 bits per heavy atom. The Labute approximate surface area is 157 Å². The van der Waals surface area contributed by atoms with E-state index in [2.05, 4.69) is 20.4 Å². The monoisotopic (exact) mass is 376 g/mol. The Kier molecular flexibility index (Phi) is 6.30. The van der Waals surface area contributed by atoms with Crippen molar-refractivity contribution in [1.82, 2.24) is 10.2 Å². The predicted molar refractivity (Wildman–Crippen MR) is 104 cm³/mol. The van der Waals surface area contributed by atoms with Gasteiger partial charge < -0.3 is 15.5 Å². The first-order chi connectivity index (χ1) is 12.6. The Morgan fingerprint density at radius 1 is 1.04 bits per heavy atom. The van der Waals surface area contributed by atoms with Crippen LogP contribution in [0.1, 0.15) is 0 Å². The van der Waals surface area contributed by atoms with Crippen LogP contribution in [0, 0.1) is 5.82 Å². The van der Waals surface area contributed by atoms with Gasteiger partial charge in [-0.15, -0.1) is 0 Å². The molecule has 2 amide bonds. The Hall–Kier alpha value is -2.31. The molecule has 2 N–H and O–H groups in total. The highest BCUT2D eigenvalue weighted by molar-refractivity contribution is 6.30. The van der Waals surface area contributed by atoms with Gasteiger partial charge in [-0.3, -0.25) is 4.90 Å². The first-order valence-electron chi connectivity index (χ1n) is 8.64. The number of halogens is 2. The zero-order valence-electron chi connectivity index (χ0n) is 14.4. The zero-order valence-corrected chi connectivity index (χ0v) is 15.2. The number of rotatable bonds is 5. The van der Waals surface area contributed by atoms with Gasteiger partial charge in [-0.1, -0.05) is 23.7 Å². The molecular formula is C19H22ClFN4O. The number of urea groups is 1. The first-order valence-corrected chi connectivity index (χ1v) is 9.02. The van der Waals surface area contributed by atoms with Gasteiger partial charge in [0.15, 0.2) is 0 Å². The quantitative estimate of drug-likeness (QED) is 0.840. The molecule has 1 saturated heterocycles. The van der Waals surface area contributed by atoms with Crippen molar-refractivity contribution >= 4 is 29.0 Å². The minimum Gasteiger partial charge on any atom is -0.367 e. The molecule has 0 bridgehead atoms. The van der Waals surface area contributed by atoms with E-state index in [1.807, 2.05) is 12.1 Å². The molecule has 2 aromatic rings. The Balaban J connectivity index is 1.37. The highest BCUT2D eigenvalue weighted by Crippen LogP contribution is 2.20. The van der Waals surface area contributed by atoms with Crippen LogP contribution in [0.3, 0.4) is 0 Å². The SMILES string of the molecule is O=C(NCCN1CCN(c2ccccc2F)CC1)Nc1ccc(Cl)cc1. The molecule has 3 rings (SSSR count). The summed E-state index contributed by atoms with van der Waals surface area (Å²) in [4.78, 5) is 16.2. The molecule has 1 fully saturated rings. The summed E-state index contributed by atoms with van der Waals surface area (Å²) >= 11 is 5.82. The molecule has 0 aliphatic carbocycles. The fraction of sp³-hybridized carbons (Fsp3) is 0.316. The van der Waals surface area contributed by atoms with Gasteiger partial charge in [0.25, 0.3) is 0 Å². The fourth-order valence-corrected chi connectivity index (χ4v) is 3.08. The van der Waals surface area contributed by atoms with Gasteiger partial charge in [-0.05, 0) is 36.4 Å². The van der Waals surface area contributed by atoms with E-state index in [9.17, 15) is 9.18 Å². The lowest BCUT2D eigenvalue weighted by Gasteiger charge is -2.36. The highest BCUT2D eigenvalue weighted by Gasteiger charge is 2.18. The third-order valence-electron chi connectivity index (χ3n) is 4.38. The molecule has 5 nitrogen and oxygen atoms in total. The number of hydrogen-bond acceptors (Lipinski definition) is 3. The molecule has 26 heavy (non-hydrogen) atoms. The molecule has 0 atom stereocenters. The van der Waals surface area contributed by atoms with E-state index in [4.69, 9.17) is 11.6 Å². The molecule has 0 aromatic heterocycles. The van der Waals surface area contributed by atoms with Gasteiger partial charge in [0, 0.05) is 50.0 Å². The predicted octanol–water partition coefficient (Wildman–Crippen LogP) is 3.42. The molecule has 1 aliphatic rings. The third-order valence-corrected chi connectivity index (χ3v) is 4.63. The van der Waals surface area contributed by atoms with Crippen LogP contribution in [-0.2, 0) is 0 Å². The summed E-state index contributed by atoms with van der Waals surface area (Å²) in [6.45, 7) is 4.55. The van der Waals surface area contributed by atoms with Crippen LogP contribution < -0.4 is 15.5 Å². The van der Waals surface area contributed by atoms with Crippen LogP contribution in [0.2, 0.25) is 5.02 Å². The molecular weight excluding hydrogens is 355 g/mol.